The van der Waals surface area contributed by atoms with Gasteiger partial charge in [-0.2, -0.15) is 4.72 Å². The molecule has 1 heterocycles. The molecule has 1 aliphatic heterocycles. The van der Waals surface area contributed by atoms with Crippen molar-refractivity contribution in [2.45, 2.75) is 57.1 Å². The summed E-state index contributed by atoms with van der Waals surface area (Å²) in [6, 6.07) is 4.60. The molecule has 0 aromatic heterocycles. The number of sulfonamides is 1. The van der Waals surface area contributed by atoms with E-state index in [0.29, 0.717) is 19.4 Å². The molecule has 2 rings (SSSR count). The summed E-state index contributed by atoms with van der Waals surface area (Å²) in [4.78, 5) is 39.0. The highest BCUT2D eigenvalue weighted by molar-refractivity contribution is 7.89. The third kappa shape index (κ3) is 8.39. The first kappa shape index (κ1) is 28.4. The van der Waals surface area contributed by atoms with Crippen LogP contribution in [0.25, 0.3) is 0 Å². The van der Waals surface area contributed by atoms with Crippen LogP contribution in [-0.2, 0) is 29.1 Å². The number of hydrogen-bond donors (Lipinski definition) is 2. The zero-order chi connectivity index (χ0) is 26.2. The molecule has 2 atom stereocenters. The fourth-order valence-electron chi connectivity index (χ4n) is 3.54. The van der Waals surface area contributed by atoms with Crippen LogP contribution in [0.1, 0.15) is 40.5 Å². The molecule has 0 spiro atoms. The average molecular weight is 514 g/mol. The molecule has 1 saturated heterocycles. The number of esters is 1. The predicted octanol–water partition coefficient (Wildman–Crippen LogP) is 1.67. The van der Waals surface area contributed by atoms with Crippen LogP contribution in [0.5, 0.6) is 5.75 Å². The molecule has 0 aliphatic carbocycles. The SMILES string of the molecule is CCOC(=O)[C@H](CNC(=O)C1CCCN(C(=O)OC(C)(C)C)C1)NS(=O)(=O)c1ccccc1OC. The third-order valence-electron chi connectivity index (χ3n) is 5.15. The smallest absolute Gasteiger partial charge is 0.410 e. The second-order valence-electron chi connectivity index (χ2n) is 9.09. The van der Waals surface area contributed by atoms with E-state index in [9.17, 15) is 22.8 Å². The van der Waals surface area contributed by atoms with E-state index in [0.717, 1.165) is 0 Å². The van der Waals surface area contributed by atoms with Gasteiger partial charge in [0.2, 0.25) is 15.9 Å². The maximum absolute atomic E-state index is 12.9. The number of carbonyl (C=O) groups excluding carboxylic acids is 3. The van der Waals surface area contributed by atoms with Crippen LogP contribution >= 0.6 is 0 Å². The second-order valence-corrected chi connectivity index (χ2v) is 10.8. The number of methoxy groups -OCH3 is 1. The van der Waals surface area contributed by atoms with Crippen LogP contribution < -0.4 is 14.8 Å². The number of nitrogens with one attached hydrogen (secondary N) is 2. The number of benzene rings is 1. The molecule has 1 aliphatic rings. The van der Waals surface area contributed by atoms with Crippen molar-refractivity contribution in [3.8, 4) is 5.75 Å². The van der Waals surface area contributed by atoms with Gasteiger partial charge < -0.3 is 24.4 Å². The fraction of sp³-hybridized carbons (Fsp3) is 0.609. The molecule has 11 nitrogen and oxygen atoms in total. The van der Waals surface area contributed by atoms with E-state index >= 15 is 0 Å². The molecule has 1 unspecified atom stereocenters. The predicted molar refractivity (Wildman–Crippen MR) is 127 cm³/mol. The Bertz CT molecular complexity index is 1010. The molecule has 12 heteroatoms. The summed E-state index contributed by atoms with van der Waals surface area (Å²) in [5.74, 6) is -1.64. The summed E-state index contributed by atoms with van der Waals surface area (Å²) >= 11 is 0. The van der Waals surface area contributed by atoms with Gasteiger partial charge in [0.25, 0.3) is 0 Å². The van der Waals surface area contributed by atoms with E-state index in [4.69, 9.17) is 14.2 Å². The molecule has 2 amide bonds. The Kier molecular flexibility index (Phi) is 9.90. The van der Waals surface area contributed by atoms with Gasteiger partial charge in [0.15, 0.2) is 0 Å². The highest BCUT2D eigenvalue weighted by atomic mass is 32.2. The first-order valence-corrected chi connectivity index (χ1v) is 12.9. The third-order valence-corrected chi connectivity index (χ3v) is 6.66. The molecular weight excluding hydrogens is 478 g/mol. The average Bonchev–Trinajstić information content (AvgIpc) is 2.80. The van der Waals surface area contributed by atoms with Gasteiger partial charge in [-0.25, -0.2) is 13.2 Å². The summed E-state index contributed by atoms with van der Waals surface area (Å²) < 4.78 is 43.7. The van der Waals surface area contributed by atoms with Gasteiger partial charge in [0, 0.05) is 19.6 Å². The van der Waals surface area contributed by atoms with Crippen molar-refractivity contribution in [1.82, 2.24) is 14.9 Å². The van der Waals surface area contributed by atoms with E-state index in [1.165, 1.54) is 30.2 Å². The van der Waals surface area contributed by atoms with Crippen LogP contribution in [0.2, 0.25) is 0 Å². The summed E-state index contributed by atoms with van der Waals surface area (Å²) in [5, 5.41) is 2.63. The largest absolute Gasteiger partial charge is 0.495 e. The normalized spacial score (nSPS) is 17.3. The molecular formula is C23H35N3O8S. The number of rotatable bonds is 9. The Balaban J connectivity index is 2.08. The lowest BCUT2D eigenvalue weighted by Crippen LogP contribution is -2.52. The van der Waals surface area contributed by atoms with Gasteiger partial charge in [-0.05, 0) is 52.7 Å². The van der Waals surface area contributed by atoms with Crippen LogP contribution in [0.4, 0.5) is 4.79 Å². The topological polar surface area (TPSA) is 140 Å². The molecule has 2 N–H and O–H groups in total. The van der Waals surface area contributed by atoms with Gasteiger partial charge in [0.05, 0.1) is 19.6 Å². The Morgan fingerprint density at radius 1 is 1.20 bits per heavy atom. The summed E-state index contributed by atoms with van der Waals surface area (Å²) in [6.45, 7) is 7.24. The van der Waals surface area contributed by atoms with E-state index < -0.39 is 45.6 Å². The van der Waals surface area contributed by atoms with Gasteiger partial charge in [-0.15, -0.1) is 0 Å². The standard InChI is InChI=1S/C23H35N3O8S/c1-6-33-21(28)17(25-35(30,31)19-12-8-7-11-18(19)32-5)14-24-20(27)16-10-9-13-26(15-16)22(29)34-23(2,3)4/h7-8,11-12,16-17,25H,6,9-10,13-15H2,1-5H3,(H,24,27)/t16?,17-/m0/s1. The minimum atomic E-state index is -4.17. The van der Waals surface area contributed by atoms with Crippen molar-refractivity contribution in [2.24, 2.45) is 5.92 Å². The lowest BCUT2D eigenvalue weighted by Gasteiger charge is -2.33. The maximum atomic E-state index is 12.9. The molecule has 196 valence electrons. The Morgan fingerprint density at radius 2 is 1.89 bits per heavy atom. The van der Waals surface area contributed by atoms with Crippen LogP contribution in [0.3, 0.4) is 0 Å². The second kappa shape index (κ2) is 12.2. The van der Waals surface area contributed by atoms with Crippen molar-refractivity contribution in [3.63, 3.8) is 0 Å². The lowest BCUT2D eigenvalue weighted by atomic mass is 9.97. The number of nitrogens with zero attached hydrogens (tertiary/aromatic N) is 1. The number of amides is 2. The Morgan fingerprint density at radius 3 is 2.51 bits per heavy atom. The highest BCUT2D eigenvalue weighted by Gasteiger charge is 2.33. The van der Waals surface area contributed by atoms with Crippen molar-refractivity contribution in [3.05, 3.63) is 24.3 Å². The molecule has 1 fully saturated rings. The van der Waals surface area contributed by atoms with Gasteiger partial charge in [-0.1, -0.05) is 12.1 Å². The van der Waals surface area contributed by atoms with Gasteiger partial charge in [0.1, 0.15) is 22.3 Å². The van der Waals surface area contributed by atoms with Crippen LogP contribution in [-0.4, -0.2) is 76.3 Å². The molecule has 0 radical (unpaired) electrons. The molecule has 1 aromatic carbocycles. The van der Waals surface area contributed by atoms with E-state index in [2.05, 4.69) is 10.0 Å². The number of likely N-dealkylation sites (tertiary alicyclic amines) is 1. The van der Waals surface area contributed by atoms with E-state index in [-0.39, 0.29) is 30.3 Å². The van der Waals surface area contributed by atoms with Crippen molar-refractivity contribution in [2.75, 3.05) is 33.4 Å². The molecule has 35 heavy (non-hydrogen) atoms. The van der Waals surface area contributed by atoms with Crippen molar-refractivity contribution in [1.29, 1.82) is 0 Å². The van der Waals surface area contributed by atoms with Gasteiger partial charge in [-0.3, -0.25) is 9.59 Å². The molecule has 0 saturated carbocycles. The zero-order valence-corrected chi connectivity index (χ0v) is 21.6. The number of piperidine rings is 1. The summed E-state index contributed by atoms with van der Waals surface area (Å²) in [5.41, 5.74) is -0.655. The number of hydrogen-bond acceptors (Lipinski definition) is 8. The van der Waals surface area contributed by atoms with Crippen LogP contribution in [0, 0.1) is 5.92 Å². The van der Waals surface area contributed by atoms with E-state index in [1.54, 1.807) is 33.8 Å². The fourth-order valence-corrected chi connectivity index (χ4v) is 4.89. The Hall–Kier alpha value is -2.86. The minimum Gasteiger partial charge on any atom is -0.495 e. The quantitative estimate of drug-likeness (QED) is 0.475. The number of ether oxygens (including phenoxy) is 3. The van der Waals surface area contributed by atoms with Crippen molar-refractivity contribution < 1.29 is 37.0 Å². The first-order chi connectivity index (χ1) is 16.4. The molecule has 0 bridgehead atoms. The van der Waals surface area contributed by atoms with Crippen molar-refractivity contribution >= 4 is 28.0 Å². The number of para-hydroxylation sites is 1. The number of carbonyl (C=O) groups is 3. The van der Waals surface area contributed by atoms with E-state index in [1.807, 2.05) is 0 Å². The first-order valence-electron chi connectivity index (χ1n) is 11.5. The molecule has 1 aromatic rings. The highest BCUT2D eigenvalue weighted by Crippen LogP contribution is 2.23. The zero-order valence-electron chi connectivity index (χ0n) is 20.8. The minimum absolute atomic E-state index is 0.0349. The van der Waals surface area contributed by atoms with Crippen LogP contribution in [0.15, 0.2) is 29.2 Å². The lowest BCUT2D eigenvalue weighted by molar-refractivity contribution is -0.145. The monoisotopic (exact) mass is 513 g/mol. The summed E-state index contributed by atoms with van der Waals surface area (Å²) in [7, 11) is -2.84. The van der Waals surface area contributed by atoms with Gasteiger partial charge >= 0.3 is 12.1 Å². The Labute approximate surface area is 206 Å². The maximum Gasteiger partial charge on any atom is 0.410 e. The summed E-state index contributed by atoms with van der Waals surface area (Å²) in [6.07, 6.45) is 0.658.